The van der Waals surface area contributed by atoms with Crippen LogP contribution in [0.4, 0.5) is 11.6 Å². The Bertz CT molecular complexity index is 1470. The maximum atomic E-state index is 12.2. The van der Waals surface area contributed by atoms with Crippen LogP contribution in [0.2, 0.25) is 0 Å². The van der Waals surface area contributed by atoms with Gasteiger partial charge in [-0.3, -0.25) is 9.78 Å². The molecule has 1 atom stereocenters. The summed E-state index contributed by atoms with van der Waals surface area (Å²) in [5.41, 5.74) is 10.1. The highest BCUT2D eigenvalue weighted by atomic mass is 16.2. The van der Waals surface area contributed by atoms with Crippen LogP contribution in [-0.4, -0.2) is 25.7 Å². The molecule has 0 saturated carbocycles. The van der Waals surface area contributed by atoms with Gasteiger partial charge >= 0.3 is 0 Å². The number of pyridine rings is 1. The molecule has 1 aliphatic rings. The van der Waals surface area contributed by atoms with Gasteiger partial charge in [0.2, 0.25) is 5.95 Å². The van der Waals surface area contributed by atoms with E-state index in [-0.39, 0.29) is 11.9 Å². The summed E-state index contributed by atoms with van der Waals surface area (Å²) < 4.78 is 1.87. The first-order valence-corrected chi connectivity index (χ1v) is 12.0. The molecule has 0 spiro atoms. The second kappa shape index (κ2) is 8.65. The Balaban J connectivity index is 1.48. The van der Waals surface area contributed by atoms with E-state index >= 15 is 0 Å². The van der Waals surface area contributed by atoms with E-state index in [4.69, 9.17) is 10.1 Å². The minimum absolute atomic E-state index is 0.00730. The van der Waals surface area contributed by atoms with Crippen molar-refractivity contribution in [2.45, 2.75) is 54.1 Å². The van der Waals surface area contributed by atoms with Crippen molar-refractivity contribution in [3.8, 4) is 22.5 Å². The topological polar surface area (TPSA) is 84.7 Å². The Labute approximate surface area is 205 Å². The molecule has 1 unspecified atom stereocenters. The van der Waals surface area contributed by atoms with Crippen LogP contribution in [0.5, 0.6) is 0 Å². The van der Waals surface area contributed by atoms with Crippen LogP contribution < -0.4 is 10.6 Å². The number of aromatic nitrogens is 4. The van der Waals surface area contributed by atoms with Crippen molar-refractivity contribution in [3.05, 3.63) is 76.1 Å². The van der Waals surface area contributed by atoms with E-state index in [1.807, 2.05) is 57.5 Å². The third kappa shape index (κ3) is 4.07. The summed E-state index contributed by atoms with van der Waals surface area (Å²) in [7, 11) is 0. The van der Waals surface area contributed by atoms with Gasteiger partial charge in [0.1, 0.15) is 0 Å². The number of anilines is 2. The largest absolute Gasteiger partial charge is 0.345 e. The summed E-state index contributed by atoms with van der Waals surface area (Å²) >= 11 is 0. The fraction of sp³-hybridized carbons (Fsp3) is 0.286. The van der Waals surface area contributed by atoms with E-state index in [1.54, 1.807) is 0 Å². The summed E-state index contributed by atoms with van der Waals surface area (Å²) in [5, 5.41) is 11.2. The van der Waals surface area contributed by atoms with Gasteiger partial charge in [0.15, 0.2) is 5.82 Å². The molecule has 0 bridgehead atoms. The van der Waals surface area contributed by atoms with Crippen molar-refractivity contribution in [1.29, 1.82) is 0 Å². The monoisotopic (exact) mass is 466 g/mol. The van der Waals surface area contributed by atoms with Crippen molar-refractivity contribution in [2.75, 3.05) is 5.32 Å². The SMILES string of the molecule is CCn1nc(-c2ccc(-c3ccc(C)nc3C)c(C)c2)nc1Nc1cc2c(cc1C)C(=O)NC2C. The number of carbonyl (C=O) groups is 1. The number of carbonyl (C=O) groups excluding carboxylic acids is 1. The minimum Gasteiger partial charge on any atom is -0.345 e. The molecule has 5 rings (SSSR count). The van der Waals surface area contributed by atoms with Crippen LogP contribution in [-0.2, 0) is 6.54 Å². The van der Waals surface area contributed by atoms with Crippen LogP contribution in [0.3, 0.4) is 0 Å². The molecule has 3 heterocycles. The average molecular weight is 467 g/mol. The maximum absolute atomic E-state index is 12.2. The summed E-state index contributed by atoms with van der Waals surface area (Å²) in [5.74, 6) is 1.33. The van der Waals surface area contributed by atoms with Gasteiger partial charge in [-0.15, -0.1) is 5.10 Å². The lowest BCUT2D eigenvalue weighted by molar-refractivity contribution is 0.0958. The lowest BCUT2D eigenvalue weighted by Crippen LogP contribution is -2.16. The molecular weight excluding hydrogens is 436 g/mol. The summed E-state index contributed by atoms with van der Waals surface area (Å²) in [4.78, 5) is 21.6. The smallest absolute Gasteiger partial charge is 0.252 e. The van der Waals surface area contributed by atoms with E-state index in [1.165, 1.54) is 0 Å². The van der Waals surface area contributed by atoms with Crippen molar-refractivity contribution >= 4 is 17.5 Å². The maximum Gasteiger partial charge on any atom is 0.252 e. The van der Waals surface area contributed by atoms with Gasteiger partial charge in [0, 0.05) is 40.3 Å². The summed E-state index contributed by atoms with van der Waals surface area (Å²) in [6.07, 6.45) is 0. The van der Waals surface area contributed by atoms with Crippen molar-refractivity contribution in [3.63, 3.8) is 0 Å². The van der Waals surface area contributed by atoms with Gasteiger partial charge in [-0.05, 0) is 88.1 Å². The molecule has 0 radical (unpaired) electrons. The minimum atomic E-state index is -0.0170. The Kier molecular flexibility index (Phi) is 5.63. The number of nitrogens with zero attached hydrogens (tertiary/aromatic N) is 4. The molecule has 178 valence electrons. The van der Waals surface area contributed by atoms with Crippen LogP contribution in [0, 0.1) is 27.7 Å². The Morgan fingerprint density at radius 2 is 1.71 bits per heavy atom. The Hall–Kier alpha value is -4.00. The number of hydrogen-bond donors (Lipinski definition) is 2. The first-order chi connectivity index (χ1) is 16.7. The molecule has 2 aromatic heterocycles. The molecule has 4 aromatic rings. The highest BCUT2D eigenvalue weighted by Gasteiger charge is 2.26. The normalized spacial score (nSPS) is 14.7. The van der Waals surface area contributed by atoms with Crippen LogP contribution in [0.1, 0.15) is 58.3 Å². The fourth-order valence-corrected chi connectivity index (χ4v) is 4.74. The second-order valence-corrected chi connectivity index (χ2v) is 9.26. The summed E-state index contributed by atoms with van der Waals surface area (Å²) in [6, 6.07) is 14.5. The zero-order valence-corrected chi connectivity index (χ0v) is 21.0. The number of rotatable bonds is 5. The van der Waals surface area contributed by atoms with Crippen LogP contribution >= 0.6 is 0 Å². The number of amides is 1. The molecule has 0 fully saturated rings. The quantitative estimate of drug-likeness (QED) is 0.388. The zero-order chi connectivity index (χ0) is 24.9. The molecule has 0 aliphatic carbocycles. The Morgan fingerprint density at radius 1 is 0.943 bits per heavy atom. The van der Waals surface area contributed by atoms with Crippen molar-refractivity contribution < 1.29 is 4.79 Å². The molecule has 7 heteroatoms. The number of benzene rings is 2. The molecular formula is C28H30N6O. The molecule has 1 aliphatic heterocycles. The second-order valence-electron chi connectivity index (χ2n) is 9.26. The number of aryl methyl sites for hydroxylation is 5. The number of nitrogens with one attached hydrogen (secondary N) is 2. The molecule has 2 aromatic carbocycles. The van der Waals surface area contributed by atoms with Gasteiger partial charge in [0.05, 0.1) is 6.04 Å². The lowest BCUT2D eigenvalue weighted by atomic mass is 9.97. The van der Waals surface area contributed by atoms with Gasteiger partial charge in [0.25, 0.3) is 5.91 Å². The molecule has 1 amide bonds. The van der Waals surface area contributed by atoms with E-state index in [0.29, 0.717) is 18.3 Å². The molecule has 7 nitrogen and oxygen atoms in total. The average Bonchev–Trinajstić information content (AvgIpc) is 3.34. The zero-order valence-electron chi connectivity index (χ0n) is 21.0. The standard InChI is InChI=1S/C28H30N6O/c1-7-34-28(31-25-14-23-19(6)30-27(35)24(23)13-16(25)3)32-26(33-34)20-9-11-21(15(2)12-20)22-10-8-17(4)29-18(22)5/h8-14,19H,7H2,1-6H3,(H,30,35)(H,31,32,33). The molecule has 2 N–H and O–H groups in total. The third-order valence-electron chi connectivity index (χ3n) is 6.67. The summed E-state index contributed by atoms with van der Waals surface area (Å²) in [6.45, 7) is 12.9. The highest BCUT2D eigenvalue weighted by molar-refractivity contribution is 6.00. The predicted octanol–water partition coefficient (Wildman–Crippen LogP) is 5.81. The lowest BCUT2D eigenvalue weighted by Gasteiger charge is -2.12. The first-order valence-electron chi connectivity index (χ1n) is 12.0. The predicted molar refractivity (Wildman–Crippen MR) is 139 cm³/mol. The highest BCUT2D eigenvalue weighted by Crippen LogP contribution is 2.33. The molecule has 0 saturated heterocycles. The van der Waals surface area contributed by atoms with Gasteiger partial charge in [-0.2, -0.15) is 4.98 Å². The van der Waals surface area contributed by atoms with E-state index in [9.17, 15) is 4.79 Å². The number of hydrogen-bond acceptors (Lipinski definition) is 5. The number of fused-ring (bicyclic) bond motifs is 1. The van der Waals surface area contributed by atoms with Gasteiger partial charge < -0.3 is 10.6 Å². The first kappa shape index (κ1) is 22.8. The van der Waals surface area contributed by atoms with Crippen molar-refractivity contribution in [2.24, 2.45) is 0 Å². The van der Waals surface area contributed by atoms with E-state index < -0.39 is 0 Å². The fourth-order valence-electron chi connectivity index (χ4n) is 4.74. The van der Waals surface area contributed by atoms with Crippen LogP contribution in [0.15, 0.2) is 42.5 Å². The van der Waals surface area contributed by atoms with Crippen LogP contribution in [0.25, 0.3) is 22.5 Å². The molecule has 35 heavy (non-hydrogen) atoms. The van der Waals surface area contributed by atoms with Gasteiger partial charge in [-0.25, -0.2) is 4.68 Å². The van der Waals surface area contributed by atoms with E-state index in [2.05, 4.69) is 46.8 Å². The third-order valence-corrected chi connectivity index (χ3v) is 6.67. The van der Waals surface area contributed by atoms with E-state index in [0.717, 1.165) is 56.0 Å². The van der Waals surface area contributed by atoms with Crippen molar-refractivity contribution in [1.82, 2.24) is 25.1 Å². The Morgan fingerprint density at radius 3 is 2.43 bits per heavy atom. The van der Waals surface area contributed by atoms with Gasteiger partial charge in [-0.1, -0.05) is 18.2 Å².